The molecule has 0 aliphatic carbocycles. The lowest BCUT2D eigenvalue weighted by Crippen LogP contribution is -2.40. The van der Waals surface area contributed by atoms with Crippen LogP contribution in [0.1, 0.15) is 11.7 Å². The molecule has 2 aromatic carbocycles. The minimum Gasteiger partial charge on any atom is -0.507 e. The third-order valence-corrected chi connectivity index (χ3v) is 2.90. The van der Waals surface area contributed by atoms with Gasteiger partial charge in [-0.05, 0) is 5.39 Å². The average Bonchev–Trinajstić information content (AvgIpc) is 2.37. The van der Waals surface area contributed by atoms with Gasteiger partial charge in [0.25, 0.3) is 0 Å². The van der Waals surface area contributed by atoms with E-state index in [9.17, 15) is 31.4 Å². The number of rotatable bonds is 2. The first kappa shape index (κ1) is 14.5. The molecule has 0 radical (unpaired) electrons. The van der Waals surface area contributed by atoms with Crippen molar-refractivity contribution in [3.63, 3.8) is 0 Å². The lowest BCUT2D eigenvalue weighted by atomic mass is 9.99. The molecule has 0 heterocycles. The van der Waals surface area contributed by atoms with Gasteiger partial charge in [0, 0.05) is 10.9 Å². The van der Waals surface area contributed by atoms with Crippen LogP contribution < -0.4 is 0 Å². The number of fused-ring (bicyclic) bond motifs is 1. The van der Waals surface area contributed by atoms with Crippen molar-refractivity contribution in [3.8, 4) is 5.75 Å². The molecule has 0 aromatic heterocycles. The Kier molecular flexibility index (Phi) is 3.31. The highest BCUT2D eigenvalue weighted by Crippen LogP contribution is 2.49. The van der Waals surface area contributed by atoms with Crippen molar-refractivity contribution in [1.29, 1.82) is 0 Å². The maximum Gasteiger partial charge on any atom is 0.456 e. The molecule has 2 aromatic rings. The predicted molar refractivity (Wildman–Crippen MR) is 60.5 cm³/mol. The first-order valence-corrected chi connectivity index (χ1v) is 5.45. The molecule has 0 spiro atoms. The van der Waals surface area contributed by atoms with E-state index >= 15 is 0 Å². The van der Waals surface area contributed by atoms with Crippen molar-refractivity contribution in [2.24, 2.45) is 0 Å². The standard InChI is InChI=1S/C13H8F6O/c14-11(12(15,16)13(17,18)19)9-6-5-7-3-1-2-4-8(7)10(9)20/h1-6,11,20H. The lowest BCUT2D eigenvalue weighted by Gasteiger charge is -2.24. The molecule has 1 nitrogen and oxygen atoms in total. The van der Waals surface area contributed by atoms with Gasteiger partial charge in [-0.25, -0.2) is 4.39 Å². The minimum absolute atomic E-state index is 0.00521. The van der Waals surface area contributed by atoms with Gasteiger partial charge in [0.15, 0.2) is 0 Å². The van der Waals surface area contributed by atoms with E-state index < -0.39 is 29.6 Å². The Morgan fingerprint density at radius 1 is 0.900 bits per heavy atom. The predicted octanol–water partition coefficient (Wildman–Crippen LogP) is 4.75. The van der Waals surface area contributed by atoms with E-state index in [0.717, 1.165) is 6.07 Å². The van der Waals surface area contributed by atoms with Crippen LogP contribution in [0.4, 0.5) is 26.3 Å². The third kappa shape index (κ3) is 2.17. The van der Waals surface area contributed by atoms with E-state index in [1.165, 1.54) is 24.3 Å². The van der Waals surface area contributed by atoms with E-state index in [1.54, 1.807) is 6.07 Å². The molecule has 1 N–H and O–H groups in total. The normalized spacial score (nSPS) is 14.5. The second-order valence-corrected chi connectivity index (χ2v) is 4.21. The molecule has 1 unspecified atom stereocenters. The van der Waals surface area contributed by atoms with Gasteiger partial charge in [0.05, 0.1) is 0 Å². The first-order valence-electron chi connectivity index (χ1n) is 5.45. The fourth-order valence-electron chi connectivity index (χ4n) is 1.82. The maximum atomic E-state index is 13.6. The van der Waals surface area contributed by atoms with Gasteiger partial charge in [-0.15, -0.1) is 0 Å². The fourth-order valence-corrected chi connectivity index (χ4v) is 1.82. The van der Waals surface area contributed by atoms with Crippen LogP contribution in [-0.4, -0.2) is 17.2 Å². The molecular formula is C13H8F6O. The highest BCUT2D eigenvalue weighted by atomic mass is 19.4. The molecule has 0 fully saturated rings. The summed E-state index contributed by atoms with van der Waals surface area (Å²) in [6.45, 7) is 0. The molecule has 0 saturated carbocycles. The van der Waals surface area contributed by atoms with Crippen molar-refractivity contribution < 1.29 is 31.4 Å². The Labute approximate surface area is 109 Å². The van der Waals surface area contributed by atoms with Gasteiger partial charge in [-0.2, -0.15) is 22.0 Å². The van der Waals surface area contributed by atoms with Gasteiger partial charge in [0.2, 0.25) is 6.17 Å². The molecule has 1 atom stereocenters. The van der Waals surface area contributed by atoms with Crippen molar-refractivity contribution >= 4 is 10.8 Å². The molecule has 108 valence electrons. The summed E-state index contributed by atoms with van der Waals surface area (Å²) in [6.07, 6.45) is -9.71. The summed E-state index contributed by atoms with van der Waals surface area (Å²) in [5.41, 5.74) is -1.09. The molecule has 20 heavy (non-hydrogen) atoms. The number of hydrogen-bond acceptors (Lipinski definition) is 1. The maximum absolute atomic E-state index is 13.6. The van der Waals surface area contributed by atoms with Gasteiger partial charge < -0.3 is 5.11 Å². The third-order valence-electron chi connectivity index (χ3n) is 2.90. The van der Waals surface area contributed by atoms with E-state index in [2.05, 4.69) is 0 Å². The fraction of sp³-hybridized carbons (Fsp3) is 0.231. The molecule has 2 rings (SSSR count). The highest BCUT2D eigenvalue weighted by Gasteiger charge is 2.64. The summed E-state index contributed by atoms with van der Waals surface area (Å²) in [5, 5.41) is 10.1. The number of alkyl halides is 6. The largest absolute Gasteiger partial charge is 0.507 e. The molecule has 0 aliphatic heterocycles. The van der Waals surface area contributed by atoms with E-state index in [-0.39, 0.29) is 5.39 Å². The van der Waals surface area contributed by atoms with Crippen LogP contribution in [0.25, 0.3) is 10.8 Å². The van der Waals surface area contributed by atoms with Crippen LogP contribution in [-0.2, 0) is 0 Å². The summed E-state index contributed by atoms with van der Waals surface area (Å²) < 4.78 is 76.0. The van der Waals surface area contributed by atoms with Crippen LogP contribution in [0.15, 0.2) is 36.4 Å². The molecule has 0 saturated heterocycles. The zero-order valence-electron chi connectivity index (χ0n) is 9.76. The van der Waals surface area contributed by atoms with Crippen LogP contribution in [0, 0.1) is 0 Å². The Bertz CT molecular complexity index is 634. The Balaban J connectivity index is 2.56. The molecule has 7 heteroatoms. The van der Waals surface area contributed by atoms with Crippen LogP contribution in [0.5, 0.6) is 5.75 Å². The van der Waals surface area contributed by atoms with E-state index in [1.807, 2.05) is 0 Å². The van der Waals surface area contributed by atoms with Crippen molar-refractivity contribution in [1.82, 2.24) is 0 Å². The van der Waals surface area contributed by atoms with Crippen LogP contribution in [0.3, 0.4) is 0 Å². The molecule has 0 amide bonds. The summed E-state index contributed by atoms with van der Waals surface area (Å²) in [6, 6.07) is 7.73. The first-order chi connectivity index (χ1) is 9.16. The minimum atomic E-state index is -6.04. The second-order valence-electron chi connectivity index (χ2n) is 4.21. The number of phenols is 1. The van der Waals surface area contributed by atoms with Crippen LogP contribution >= 0.6 is 0 Å². The summed E-state index contributed by atoms with van der Waals surface area (Å²) in [4.78, 5) is 0. The zero-order valence-corrected chi connectivity index (χ0v) is 9.76. The number of halogens is 6. The number of benzene rings is 2. The summed E-state index contributed by atoms with van der Waals surface area (Å²) in [7, 11) is 0. The Hall–Kier alpha value is -1.92. The smallest absolute Gasteiger partial charge is 0.456 e. The van der Waals surface area contributed by atoms with Gasteiger partial charge in [-0.3, -0.25) is 0 Å². The van der Waals surface area contributed by atoms with E-state index in [0.29, 0.717) is 5.39 Å². The zero-order chi connectivity index (χ0) is 15.1. The highest BCUT2D eigenvalue weighted by molar-refractivity contribution is 5.89. The summed E-state index contributed by atoms with van der Waals surface area (Å²) >= 11 is 0. The topological polar surface area (TPSA) is 20.2 Å². The Morgan fingerprint density at radius 3 is 2.10 bits per heavy atom. The molecule has 0 aliphatic rings. The second kappa shape index (κ2) is 4.57. The SMILES string of the molecule is Oc1c(C(F)C(F)(F)C(F)(F)F)ccc2ccccc12. The van der Waals surface area contributed by atoms with Crippen LogP contribution in [0.2, 0.25) is 0 Å². The van der Waals surface area contributed by atoms with Gasteiger partial charge >= 0.3 is 12.1 Å². The molecule has 0 bridgehead atoms. The van der Waals surface area contributed by atoms with Crippen molar-refractivity contribution in [2.45, 2.75) is 18.3 Å². The average molecular weight is 294 g/mol. The lowest BCUT2D eigenvalue weighted by molar-refractivity contribution is -0.305. The number of aromatic hydroxyl groups is 1. The quantitative estimate of drug-likeness (QED) is 0.792. The summed E-state index contributed by atoms with van der Waals surface area (Å²) in [5.74, 6) is -6.49. The number of phenolic OH excluding ortho intramolecular Hbond substituents is 1. The van der Waals surface area contributed by atoms with Gasteiger partial charge in [-0.1, -0.05) is 36.4 Å². The monoisotopic (exact) mass is 294 g/mol. The number of hydrogen-bond donors (Lipinski definition) is 1. The van der Waals surface area contributed by atoms with E-state index in [4.69, 9.17) is 0 Å². The van der Waals surface area contributed by atoms with Gasteiger partial charge in [0.1, 0.15) is 5.75 Å². The Morgan fingerprint density at radius 2 is 1.50 bits per heavy atom. The van der Waals surface area contributed by atoms with Crippen molar-refractivity contribution in [3.05, 3.63) is 42.0 Å². The van der Waals surface area contributed by atoms with Crippen molar-refractivity contribution in [2.75, 3.05) is 0 Å². The molecular weight excluding hydrogens is 286 g/mol.